The van der Waals surface area contributed by atoms with E-state index in [-0.39, 0.29) is 0 Å². The summed E-state index contributed by atoms with van der Waals surface area (Å²) in [5.74, 6) is 0.939. The van der Waals surface area contributed by atoms with E-state index in [2.05, 4.69) is 54.4 Å². The standard InChI is InChI=1S/C18H15NO/c1-11-7-12(2)19-17-9-18-16(8-15(11)17)14-6-4-3-5-13(14)10-20-18/h3-9H,10H2,1-2H3. The molecular formula is C18H15NO. The molecule has 0 amide bonds. The van der Waals surface area contributed by atoms with Crippen molar-refractivity contribution in [1.82, 2.24) is 4.98 Å². The molecule has 0 fully saturated rings. The van der Waals surface area contributed by atoms with Gasteiger partial charge in [0.25, 0.3) is 0 Å². The van der Waals surface area contributed by atoms with Crippen LogP contribution >= 0.6 is 0 Å². The van der Waals surface area contributed by atoms with Crippen LogP contribution in [-0.4, -0.2) is 4.98 Å². The molecule has 0 aliphatic carbocycles. The summed E-state index contributed by atoms with van der Waals surface area (Å²) in [4.78, 5) is 4.62. The fourth-order valence-electron chi connectivity index (χ4n) is 2.99. The molecule has 4 rings (SSSR count). The van der Waals surface area contributed by atoms with Gasteiger partial charge in [0.15, 0.2) is 0 Å². The van der Waals surface area contributed by atoms with Crippen molar-refractivity contribution in [2.45, 2.75) is 20.5 Å². The third-order valence-corrected chi connectivity index (χ3v) is 3.94. The van der Waals surface area contributed by atoms with Gasteiger partial charge >= 0.3 is 0 Å². The maximum atomic E-state index is 5.90. The minimum absolute atomic E-state index is 0.638. The summed E-state index contributed by atoms with van der Waals surface area (Å²) in [5, 5.41) is 1.20. The highest BCUT2D eigenvalue weighted by Crippen LogP contribution is 2.40. The van der Waals surface area contributed by atoms with Gasteiger partial charge in [-0.1, -0.05) is 24.3 Å². The average Bonchev–Trinajstić information content (AvgIpc) is 2.45. The highest BCUT2D eigenvalue weighted by Gasteiger charge is 2.18. The number of hydrogen-bond donors (Lipinski definition) is 0. The van der Waals surface area contributed by atoms with Crippen LogP contribution in [0.1, 0.15) is 16.8 Å². The van der Waals surface area contributed by atoms with Crippen LogP contribution in [0.4, 0.5) is 0 Å². The first-order valence-corrected chi connectivity index (χ1v) is 6.85. The molecule has 0 radical (unpaired) electrons. The van der Waals surface area contributed by atoms with Crippen LogP contribution in [0.15, 0.2) is 42.5 Å². The Labute approximate surface area is 118 Å². The molecule has 2 heteroatoms. The second kappa shape index (κ2) is 4.07. The Balaban J connectivity index is 2.06. The van der Waals surface area contributed by atoms with Gasteiger partial charge < -0.3 is 4.74 Å². The van der Waals surface area contributed by atoms with E-state index in [1.807, 2.05) is 6.92 Å². The predicted molar refractivity (Wildman–Crippen MR) is 81.0 cm³/mol. The molecule has 0 atom stereocenters. The van der Waals surface area contributed by atoms with Crippen LogP contribution in [0.5, 0.6) is 5.75 Å². The Morgan fingerprint density at radius 1 is 1.00 bits per heavy atom. The van der Waals surface area contributed by atoms with Crippen LogP contribution in [0.2, 0.25) is 0 Å². The molecule has 1 aliphatic rings. The largest absolute Gasteiger partial charge is 0.488 e. The predicted octanol–water partition coefficient (Wildman–Crippen LogP) is 4.41. The molecule has 0 bridgehead atoms. The summed E-state index contributed by atoms with van der Waals surface area (Å²) in [6.45, 7) is 4.81. The molecule has 0 unspecified atom stereocenters. The number of pyridine rings is 1. The number of aromatic nitrogens is 1. The van der Waals surface area contributed by atoms with Gasteiger partial charge in [0.05, 0.1) is 5.52 Å². The SMILES string of the molecule is Cc1cc(C)c2cc3c(cc2n1)OCc1ccccc1-3. The molecule has 3 aromatic rings. The second-order valence-corrected chi connectivity index (χ2v) is 5.39. The number of hydrogen-bond acceptors (Lipinski definition) is 2. The lowest BCUT2D eigenvalue weighted by atomic mass is 9.94. The fraction of sp³-hybridized carbons (Fsp3) is 0.167. The van der Waals surface area contributed by atoms with Gasteiger partial charge in [0.1, 0.15) is 12.4 Å². The van der Waals surface area contributed by atoms with E-state index in [4.69, 9.17) is 4.74 Å². The minimum Gasteiger partial charge on any atom is -0.488 e. The zero-order chi connectivity index (χ0) is 13.7. The molecule has 20 heavy (non-hydrogen) atoms. The highest BCUT2D eigenvalue weighted by atomic mass is 16.5. The molecule has 1 aliphatic heterocycles. The van der Waals surface area contributed by atoms with Crippen LogP contribution in [0.25, 0.3) is 22.0 Å². The van der Waals surface area contributed by atoms with Crippen molar-refractivity contribution in [2.75, 3.05) is 0 Å². The van der Waals surface area contributed by atoms with Crippen molar-refractivity contribution in [1.29, 1.82) is 0 Å². The van der Waals surface area contributed by atoms with E-state index < -0.39 is 0 Å². The molecule has 0 spiro atoms. The number of aryl methyl sites for hydroxylation is 2. The lowest BCUT2D eigenvalue weighted by Gasteiger charge is -2.21. The van der Waals surface area contributed by atoms with Crippen LogP contribution in [0, 0.1) is 13.8 Å². The molecule has 0 saturated heterocycles. The summed E-state index contributed by atoms with van der Waals surface area (Å²) >= 11 is 0. The maximum Gasteiger partial charge on any atom is 0.129 e. The monoisotopic (exact) mass is 261 g/mol. The van der Waals surface area contributed by atoms with E-state index in [1.165, 1.54) is 27.6 Å². The first-order chi connectivity index (χ1) is 9.72. The topological polar surface area (TPSA) is 22.1 Å². The molecule has 2 aromatic carbocycles. The quantitative estimate of drug-likeness (QED) is 0.598. The first-order valence-electron chi connectivity index (χ1n) is 6.85. The normalized spacial score (nSPS) is 12.7. The summed E-state index contributed by atoms with van der Waals surface area (Å²) in [6, 6.07) is 14.8. The molecular weight excluding hydrogens is 246 g/mol. The van der Waals surface area contributed by atoms with Crippen molar-refractivity contribution in [3.05, 3.63) is 59.3 Å². The van der Waals surface area contributed by atoms with E-state index in [0.29, 0.717) is 6.61 Å². The Kier molecular flexibility index (Phi) is 2.34. The second-order valence-electron chi connectivity index (χ2n) is 5.39. The van der Waals surface area contributed by atoms with E-state index in [0.717, 1.165) is 17.0 Å². The van der Waals surface area contributed by atoms with E-state index >= 15 is 0 Å². The van der Waals surface area contributed by atoms with Crippen molar-refractivity contribution in [3.63, 3.8) is 0 Å². The molecule has 0 N–H and O–H groups in total. The minimum atomic E-state index is 0.638. The molecule has 1 aromatic heterocycles. The Morgan fingerprint density at radius 3 is 2.75 bits per heavy atom. The van der Waals surface area contributed by atoms with Gasteiger partial charge in [-0.15, -0.1) is 0 Å². The van der Waals surface area contributed by atoms with Crippen molar-refractivity contribution >= 4 is 10.9 Å². The first kappa shape index (κ1) is 11.5. The van der Waals surface area contributed by atoms with Gasteiger partial charge in [-0.2, -0.15) is 0 Å². The van der Waals surface area contributed by atoms with Crippen molar-refractivity contribution in [2.24, 2.45) is 0 Å². The smallest absolute Gasteiger partial charge is 0.129 e. The lowest BCUT2D eigenvalue weighted by molar-refractivity contribution is 0.303. The number of ether oxygens (including phenoxy) is 1. The van der Waals surface area contributed by atoms with Crippen LogP contribution in [-0.2, 0) is 6.61 Å². The van der Waals surface area contributed by atoms with Gasteiger partial charge in [-0.05, 0) is 42.7 Å². The third kappa shape index (κ3) is 1.61. The zero-order valence-electron chi connectivity index (χ0n) is 11.6. The van der Waals surface area contributed by atoms with Crippen molar-refractivity contribution < 1.29 is 4.74 Å². The van der Waals surface area contributed by atoms with E-state index in [1.54, 1.807) is 0 Å². The summed E-state index contributed by atoms with van der Waals surface area (Å²) < 4.78 is 5.90. The lowest BCUT2D eigenvalue weighted by Crippen LogP contribution is -2.05. The highest BCUT2D eigenvalue weighted by molar-refractivity contribution is 5.91. The van der Waals surface area contributed by atoms with Gasteiger partial charge in [0.2, 0.25) is 0 Å². The Bertz CT molecular complexity index is 836. The Morgan fingerprint density at radius 2 is 1.85 bits per heavy atom. The van der Waals surface area contributed by atoms with Crippen molar-refractivity contribution in [3.8, 4) is 16.9 Å². The van der Waals surface area contributed by atoms with Crippen LogP contribution < -0.4 is 4.74 Å². The molecule has 2 heterocycles. The molecule has 2 nitrogen and oxygen atoms in total. The molecule has 98 valence electrons. The maximum absolute atomic E-state index is 5.90. The third-order valence-electron chi connectivity index (χ3n) is 3.94. The number of rotatable bonds is 0. The van der Waals surface area contributed by atoms with Crippen LogP contribution in [0.3, 0.4) is 0 Å². The van der Waals surface area contributed by atoms with Gasteiger partial charge in [-0.3, -0.25) is 4.98 Å². The summed E-state index contributed by atoms with van der Waals surface area (Å²) in [7, 11) is 0. The number of nitrogens with zero attached hydrogens (tertiary/aromatic N) is 1. The molecule has 0 saturated carbocycles. The summed E-state index contributed by atoms with van der Waals surface area (Å²) in [6.07, 6.45) is 0. The fourth-order valence-corrected chi connectivity index (χ4v) is 2.99. The van der Waals surface area contributed by atoms with E-state index in [9.17, 15) is 0 Å². The number of benzene rings is 2. The number of fused-ring (bicyclic) bond motifs is 4. The zero-order valence-corrected chi connectivity index (χ0v) is 11.6. The average molecular weight is 261 g/mol. The summed E-state index contributed by atoms with van der Waals surface area (Å²) in [5.41, 5.74) is 7.02. The van der Waals surface area contributed by atoms with Gasteiger partial charge in [0, 0.05) is 22.7 Å². The Hall–Kier alpha value is -2.35. The van der Waals surface area contributed by atoms with Gasteiger partial charge in [-0.25, -0.2) is 0 Å².